The number of anilines is 1. The van der Waals surface area contributed by atoms with Crippen molar-refractivity contribution in [2.45, 2.75) is 25.3 Å². The number of hydrogen-bond acceptors (Lipinski definition) is 2. The molecule has 0 saturated heterocycles. The minimum atomic E-state index is -2.11. The average Bonchev–Trinajstić information content (AvgIpc) is 2.05. The summed E-state index contributed by atoms with van der Waals surface area (Å²) in [6, 6.07) is 4.63. The van der Waals surface area contributed by atoms with Crippen molar-refractivity contribution >= 4 is 21.4 Å². The van der Waals surface area contributed by atoms with Crippen molar-refractivity contribution in [3.63, 3.8) is 0 Å². The highest BCUT2D eigenvalue weighted by Gasteiger charge is 2.13. The molecule has 0 atom stereocenters. The van der Waals surface area contributed by atoms with Crippen LogP contribution < -0.4 is 5.32 Å². The summed E-state index contributed by atoms with van der Waals surface area (Å²) in [5.74, 6) is -0.251. The minimum Gasteiger partial charge on any atom is -0.390 e. The third-order valence-electron chi connectivity index (χ3n) is 1.99. The first-order valence-electron chi connectivity index (χ1n) is 4.67. The molecule has 1 aromatic rings. The topological polar surface area (TPSA) is 32.3 Å². The molecule has 4 radical (unpaired) electrons. The van der Waals surface area contributed by atoms with E-state index in [1.165, 1.54) is 12.1 Å². The van der Waals surface area contributed by atoms with Gasteiger partial charge in [-0.1, -0.05) is 19.9 Å². The number of hydrogen-bond donors (Lipinski definition) is 2. The summed E-state index contributed by atoms with van der Waals surface area (Å²) < 4.78 is 13.5. The molecule has 2 N–H and O–H groups in total. The normalized spacial score (nSPS) is 11.8. The van der Waals surface area contributed by atoms with Crippen molar-refractivity contribution in [1.29, 1.82) is 0 Å². The number of rotatable bonds is 3. The van der Waals surface area contributed by atoms with Crippen LogP contribution in [0.25, 0.3) is 0 Å². The van der Waals surface area contributed by atoms with E-state index < -0.39 is 11.3 Å². The minimum absolute atomic E-state index is 0.0758. The zero-order valence-electron chi connectivity index (χ0n) is 8.79. The van der Waals surface area contributed by atoms with Gasteiger partial charge in [0.25, 0.3) is 0 Å². The molecular formula is C10H12B2FNO. The van der Waals surface area contributed by atoms with E-state index in [-0.39, 0.29) is 11.6 Å². The van der Waals surface area contributed by atoms with Gasteiger partial charge < -0.3 is 10.4 Å². The Morgan fingerprint density at radius 3 is 2.40 bits per heavy atom. The lowest BCUT2D eigenvalue weighted by Crippen LogP contribution is -2.39. The molecule has 0 aliphatic heterocycles. The molecule has 76 valence electrons. The zero-order valence-corrected chi connectivity index (χ0v) is 8.79. The molecule has 0 aliphatic rings. The summed E-state index contributed by atoms with van der Waals surface area (Å²) >= 11 is 0. The third-order valence-corrected chi connectivity index (χ3v) is 1.99. The lowest BCUT2D eigenvalue weighted by atomic mass is 9.73. The van der Waals surface area contributed by atoms with E-state index in [9.17, 15) is 4.39 Å². The van der Waals surface area contributed by atoms with Crippen LogP contribution in [0.15, 0.2) is 18.2 Å². The maximum atomic E-state index is 13.5. The van der Waals surface area contributed by atoms with Gasteiger partial charge in [-0.05, 0) is 23.6 Å². The number of nitrogens with one attached hydrogen (secondary N) is 1. The molecule has 0 saturated carbocycles. The number of benzene rings is 1. The molecule has 2 nitrogen and oxygen atoms in total. The van der Waals surface area contributed by atoms with E-state index >= 15 is 0 Å². The van der Waals surface area contributed by atoms with Gasteiger partial charge in [0, 0.05) is 5.52 Å². The fourth-order valence-corrected chi connectivity index (χ4v) is 1.21. The lowest BCUT2D eigenvalue weighted by Gasteiger charge is -2.22. The average molecular weight is 203 g/mol. The lowest BCUT2D eigenvalue weighted by molar-refractivity contribution is 0.242. The fraction of sp³-hybridized carbons (Fsp3) is 0.400. The van der Waals surface area contributed by atoms with Crippen LogP contribution in [-0.2, 0) is 0 Å². The van der Waals surface area contributed by atoms with Crippen LogP contribution >= 0.6 is 0 Å². The van der Waals surface area contributed by atoms with E-state index in [0.717, 1.165) is 5.56 Å². The smallest absolute Gasteiger partial charge is 0.146 e. The second-order valence-electron chi connectivity index (χ2n) is 3.84. The van der Waals surface area contributed by atoms with Crippen molar-refractivity contribution in [3.05, 3.63) is 29.6 Å². The van der Waals surface area contributed by atoms with Crippen molar-refractivity contribution in [1.82, 2.24) is 0 Å². The summed E-state index contributed by atoms with van der Waals surface area (Å²) in [5, 5.41) is 11.3. The van der Waals surface area contributed by atoms with Crippen LogP contribution in [0.3, 0.4) is 0 Å². The first kappa shape index (κ1) is 12.1. The largest absolute Gasteiger partial charge is 0.390 e. The molecule has 0 bridgehead atoms. The fourth-order valence-electron chi connectivity index (χ4n) is 1.21. The summed E-state index contributed by atoms with van der Waals surface area (Å²) in [6.07, 6.45) is 0. The Balaban J connectivity index is 2.94. The Kier molecular flexibility index (Phi) is 3.45. The highest BCUT2D eigenvalue weighted by molar-refractivity contribution is 6.39. The van der Waals surface area contributed by atoms with Crippen molar-refractivity contribution in [3.8, 4) is 0 Å². The van der Waals surface area contributed by atoms with Gasteiger partial charge in [-0.15, -0.1) is 0 Å². The van der Waals surface area contributed by atoms with Gasteiger partial charge in [0.2, 0.25) is 0 Å². The maximum absolute atomic E-state index is 13.5. The van der Waals surface area contributed by atoms with Gasteiger partial charge in [-0.2, -0.15) is 0 Å². The van der Waals surface area contributed by atoms with Gasteiger partial charge in [0.15, 0.2) is 0 Å². The van der Waals surface area contributed by atoms with Crippen molar-refractivity contribution < 1.29 is 9.50 Å². The van der Waals surface area contributed by atoms with Crippen LogP contribution in [0.2, 0.25) is 0 Å². The predicted molar refractivity (Wildman–Crippen MR) is 60.6 cm³/mol. The summed E-state index contributed by atoms with van der Waals surface area (Å²) in [7, 11) is 10.2. The highest BCUT2D eigenvalue weighted by Crippen LogP contribution is 2.22. The molecule has 5 heteroatoms. The van der Waals surface area contributed by atoms with Crippen LogP contribution in [0.4, 0.5) is 10.1 Å². The predicted octanol–water partition coefficient (Wildman–Crippen LogP) is 1.30. The van der Waals surface area contributed by atoms with Crippen LogP contribution in [-0.4, -0.2) is 26.3 Å². The Morgan fingerprint density at radius 1 is 1.40 bits per heavy atom. The van der Waals surface area contributed by atoms with Gasteiger partial charge in [-0.25, -0.2) is 4.39 Å². The Labute approximate surface area is 91.7 Å². The molecule has 0 amide bonds. The van der Waals surface area contributed by atoms with Crippen LogP contribution in [0.5, 0.6) is 0 Å². The van der Waals surface area contributed by atoms with E-state index in [4.69, 9.17) is 20.8 Å². The van der Waals surface area contributed by atoms with E-state index in [0.29, 0.717) is 0 Å². The Morgan fingerprint density at radius 2 is 2.00 bits per heavy atom. The first-order chi connectivity index (χ1) is 6.79. The molecule has 0 spiro atoms. The maximum Gasteiger partial charge on any atom is 0.146 e. The number of aliphatic hydroxyl groups is 1. The second kappa shape index (κ2) is 4.27. The summed E-state index contributed by atoms with van der Waals surface area (Å²) in [5.41, 5.74) is -1.16. The SMILES string of the molecule is [B]C([B])(O)Nc1ccc(C(C)C)cc1F. The third kappa shape index (κ3) is 3.59. The van der Waals surface area contributed by atoms with Gasteiger partial charge >= 0.3 is 0 Å². The van der Waals surface area contributed by atoms with Crippen LogP contribution in [0, 0.1) is 5.82 Å². The van der Waals surface area contributed by atoms with Crippen molar-refractivity contribution in [2.24, 2.45) is 0 Å². The molecule has 0 fully saturated rings. The first-order valence-corrected chi connectivity index (χ1v) is 4.67. The summed E-state index contributed by atoms with van der Waals surface area (Å²) in [4.78, 5) is 0. The van der Waals surface area contributed by atoms with E-state index in [2.05, 4.69) is 5.32 Å². The molecule has 0 aromatic heterocycles. The van der Waals surface area contributed by atoms with E-state index in [1.54, 1.807) is 6.07 Å². The molecule has 1 rings (SSSR count). The molecule has 0 unspecified atom stereocenters. The molecular weight excluding hydrogens is 191 g/mol. The van der Waals surface area contributed by atoms with Gasteiger partial charge in [0.1, 0.15) is 21.5 Å². The standard InChI is InChI=1S/C10H12B2FNO/c1-6(2)7-3-4-9(8(13)5-7)14-10(11,12)15/h3-6,14-15H,1-2H3. The molecule has 15 heavy (non-hydrogen) atoms. The quantitative estimate of drug-likeness (QED) is 0.573. The number of halogens is 1. The van der Waals surface area contributed by atoms with Gasteiger partial charge in [-0.3, -0.25) is 0 Å². The zero-order chi connectivity index (χ0) is 11.6. The van der Waals surface area contributed by atoms with E-state index in [1.807, 2.05) is 13.8 Å². The Bertz CT molecular complexity index is 350. The second-order valence-corrected chi connectivity index (χ2v) is 3.84. The molecule has 0 aliphatic carbocycles. The van der Waals surface area contributed by atoms with Crippen LogP contribution in [0.1, 0.15) is 25.3 Å². The van der Waals surface area contributed by atoms with Gasteiger partial charge in [0.05, 0.1) is 5.69 Å². The highest BCUT2D eigenvalue weighted by atomic mass is 19.1. The monoisotopic (exact) mass is 203 g/mol. The Hall–Kier alpha value is -0.960. The van der Waals surface area contributed by atoms with Crippen molar-refractivity contribution in [2.75, 3.05) is 5.32 Å². The molecule has 0 heterocycles. The molecule has 1 aromatic carbocycles. The summed E-state index contributed by atoms with van der Waals surface area (Å²) in [6.45, 7) is 3.92.